The molecule has 1 unspecified atom stereocenters. The molecule has 6 nitrogen and oxygen atoms in total. The Balaban J connectivity index is 1.52. The van der Waals surface area contributed by atoms with Crippen molar-refractivity contribution < 1.29 is 0 Å². The summed E-state index contributed by atoms with van der Waals surface area (Å²) in [7, 11) is 0. The standard InChI is InChI=1S/C19H22N6/c1-14-9-22-25(13-14)17-6-4-15(5-7-17)18-11-21-12-19(24-18)23-16-3-2-8-20-10-16/h4-7,9,11-13,16,20H,2-3,8,10H2,1H3,(H,23,24). The van der Waals surface area contributed by atoms with Crippen LogP contribution in [0.2, 0.25) is 0 Å². The highest BCUT2D eigenvalue weighted by Crippen LogP contribution is 2.20. The van der Waals surface area contributed by atoms with Gasteiger partial charge in [0.15, 0.2) is 0 Å². The van der Waals surface area contributed by atoms with Crippen molar-refractivity contribution >= 4 is 5.82 Å². The van der Waals surface area contributed by atoms with E-state index in [0.29, 0.717) is 6.04 Å². The van der Waals surface area contributed by atoms with Gasteiger partial charge in [0, 0.05) is 24.3 Å². The van der Waals surface area contributed by atoms with Crippen molar-refractivity contribution in [1.29, 1.82) is 0 Å². The summed E-state index contributed by atoms with van der Waals surface area (Å²) in [6, 6.07) is 8.64. The lowest BCUT2D eigenvalue weighted by Crippen LogP contribution is -2.38. The largest absolute Gasteiger partial charge is 0.365 e. The molecule has 1 aromatic carbocycles. The molecule has 1 fully saturated rings. The maximum absolute atomic E-state index is 4.72. The van der Waals surface area contributed by atoms with Crippen molar-refractivity contribution in [2.24, 2.45) is 0 Å². The van der Waals surface area contributed by atoms with Crippen LogP contribution in [0.25, 0.3) is 16.9 Å². The van der Waals surface area contributed by atoms with E-state index in [1.807, 2.05) is 24.0 Å². The molecule has 1 atom stereocenters. The average Bonchev–Trinajstić information content (AvgIpc) is 3.09. The number of anilines is 1. The molecular weight excluding hydrogens is 312 g/mol. The van der Waals surface area contributed by atoms with Gasteiger partial charge in [-0.15, -0.1) is 0 Å². The van der Waals surface area contributed by atoms with Crippen molar-refractivity contribution in [3.8, 4) is 16.9 Å². The molecular formula is C19H22N6. The second-order valence-electron chi connectivity index (χ2n) is 6.49. The number of hydrogen-bond acceptors (Lipinski definition) is 5. The van der Waals surface area contributed by atoms with E-state index in [-0.39, 0.29) is 0 Å². The predicted octanol–water partition coefficient (Wildman–Crippen LogP) is 2.80. The normalized spacial score (nSPS) is 17.4. The summed E-state index contributed by atoms with van der Waals surface area (Å²) in [6.07, 6.45) is 9.82. The van der Waals surface area contributed by atoms with E-state index in [1.165, 1.54) is 6.42 Å². The third-order valence-electron chi connectivity index (χ3n) is 4.42. The van der Waals surface area contributed by atoms with E-state index < -0.39 is 0 Å². The number of aromatic nitrogens is 4. The molecule has 0 amide bonds. The highest BCUT2D eigenvalue weighted by atomic mass is 15.3. The van der Waals surface area contributed by atoms with Gasteiger partial charge < -0.3 is 10.6 Å². The third-order valence-corrected chi connectivity index (χ3v) is 4.42. The maximum Gasteiger partial charge on any atom is 0.145 e. The first-order valence-corrected chi connectivity index (χ1v) is 8.69. The zero-order valence-corrected chi connectivity index (χ0v) is 14.3. The van der Waals surface area contributed by atoms with Gasteiger partial charge in [0.2, 0.25) is 0 Å². The zero-order valence-electron chi connectivity index (χ0n) is 14.3. The molecule has 128 valence electrons. The van der Waals surface area contributed by atoms with Crippen molar-refractivity contribution in [3.63, 3.8) is 0 Å². The number of nitrogens with one attached hydrogen (secondary N) is 2. The Kier molecular flexibility index (Phi) is 4.43. The van der Waals surface area contributed by atoms with Crippen LogP contribution in [0, 0.1) is 6.92 Å². The minimum Gasteiger partial charge on any atom is -0.365 e. The molecule has 0 aliphatic carbocycles. The highest BCUT2D eigenvalue weighted by Gasteiger charge is 2.13. The minimum atomic E-state index is 0.420. The zero-order chi connectivity index (χ0) is 17.1. The number of piperidine rings is 1. The van der Waals surface area contributed by atoms with Gasteiger partial charge in [-0.1, -0.05) is 12.1 Å². The van der Waals surface area contributed by atoms with Gasteiger partial charge in [-0.05, 0) is 44.0 Å². The first-order valence-electron chi connectivity index (χ1n) is 8.69. The molecule has 1 saturated heterocycles. The van der Waals surface area contributed by atoms with Crippen LogP contribution in [-0.4, -0.2) is 38.9 Å². The summed E-state index contributed by atoms with van der Waals surface area (Å²) >= 11 is 0. The van der Waals surface area contributed by atoms with E-state index in [9.17, 15) is 0 Å². The number of rotatable bonds is 4. The topological polar surface area (TPSA) is 67.7 Å². The van der Waals surface area contributed by atoms with Crippen LogP contribution in [0.5, 0.6) is 0 Å². The predicted molar refractivity (Wildman–Crippen MR) is 98.8 cm³/mol. The second kappa shape index (κ2) is 7.03. The molecule has 1 aliphatic heterocycles. The van der Waals surface area contributed by atoms with Gasteiger partial charge in [-0.3, -0.25) is 4.98 Å². The third kappa shape index (κ3) is 3.69. The summed E-state index contributed by atoms with van der Waals surface area (Å²) in [5.41, 5.74) is 4.10. The Morgan fingerprint density at radius 2 is 2.04 bits per heavy atom. The van der Waals surface area contributed by atoms with Crippen LogP contribution in [0.1, 0.15) is 18.4 Å². The summed E-state index contributed by atoms with van der Waals surface area (Å²) in [6.45, 7) is 4.11. The monoisotopic (exact) mass is 334 g/mol. The van der Waals surface area contributed by atoms with Crippen LogP contribution in [-0.2, 0) is 0 Å². The van der Waals surface area contributed by atoms with E-state index in [0.717, 1.165) is 47.8 Å². The fourth-order valence-corrected chi connectivity index (χ4v) is 3.10. The van der Waals surface area contributed by atoms with Crippen LogP contribution in [0.3, 0.4) is 0 Å². The van der Waals surface area contributed by atoms with Crippen molar-refractivity contribution in [2.75, 3.05) is 18.4 Å². The van der Waals surface area contributed by atoms with Gasteiger partial charge in [-0.25, -0.2) is 9.67 Å². The molecule has 4 rings (SSSR count). The summed E-state index contributed by atoms with van der Waals surface area (Å²) in [5, 5.41) is 11.2. The van der Waals surface area contributed by atoms with Gasteiger partial charge in [0.1, 0.15) is 5.82 Å². The fourth-order valence-electron chi connectivity index (χ4n) is 3.10. The van der Waals surface area contributed by atoms with Gasteiger partial charge in [0.05, 0.1) is 30.0 Å². The van der Waals surface area contributed by atoms with Gasteiger partial charge >= 0.3 is 0 Å². The molecule has 6 heteroatoms. The molecule has 0 radical (unpaired) electrons. The average molecular weight is 334 g/mol. The molecule has 3 heterocycles. The van der Waals surface area contributed by atoms with Crippen molar-refractivity contribution in [2.45, 2.75) is 25.8 Å². The minimum absolute atomic E-state index is 0.420. The lowest BCUT2D eigenvalue weighted by molar-refractivity contribution is 0.479. The Morgan fingerprint density at radius 3 is 2.76 bits per heavy atom. The summed E-state index contributed by atoms with van der Waals surface area (Å²) in [5.74, 6) is 0.831. The van der Waals surface area contributed by atoms with Crippen LogP contribution < -0.4 is 10.6 Å². The number of nitrogens with zero attached hydrogens (tertiary/aromatic N) is 4. The Labute approximate surface area is 147 Å². The van der Waals surface area contributed by atoms with E-state index in [4.69, 9.17) is 4.98 Å². The fraction of sp³-hybridized carbons (Fsp3) is 0.316. The molecule has 2 N–H and O–H groups in total. The molecule has 3 aromatic rings. The first kappa shape index (κ1) is 15.8. The Hall–Kier alpha value is -2.73. The van der Waals surface area contributed by atoms with Crippen LogP contribution in [0.15, 0.2) is 49.1 Å². The lowest BCUT2D eigenvalue weighted by atomic mass is 10.1. The summed E-state index contributed by atoms with van der Waals surface area (Å²) < 4.78 is 1.87. The van der Waals surface area contributed by atoms with E-state index >= 15 is 0 Å². The lowest BCUT2D eigenvalue weighted by Gasteiger charge is -2.24. The van der Waals surface area contributed by atoms with E-state index in [2.05, 4.69) is 45.0 Å². The molecule has 1 aliphatic rings. The van der Waals surface area contributed by atoms with Crippen LogP contribution in [0.4, 0.5) is 5.82 Å². The molecule has 0 saturated carbocycles. The van der Waals surface area contributed by atoms with Gasteiger partial charge in [-0.2, -0.15) is 5.10 Å². The smallest absolute Gasteiger partial charge is 0.145 e. The van der Waals surface area contributed by atoms with Crippen molar-refractivity contribution in [3.05, 3.63) is 54.6 Å². The van der Waals surface area contributed by atoms with E-state index in [1.54, 1.807) is 12.4 Å². The highest BCUT2D eigenvalue weighted by molar-refractivity contribution is 5.61. The molecule has 0 spiro atoms. The van der Waals surface area contributed by atoms with Crippen molar-refractivity contribution in [1.82, 2.24) is 25.1 Å². The SMILES string of the molecule is Cc1cnn(-c2ccc(-c3cncc(NC4CCCNC4)n3)cc2)c1. The Morgan fingerprint density at radius 1 is 1.16 bits per heavy atom. The Bertz CT molecular complexity index is 833. The first-order chi connectivity index (χ1) is 12.3. The molecule has 2 aromatic heterocycles. The molecule has 25 heavy (non-hydrogen) atoms. The molecule has 0 bridgehead atoms. The number of aryl methyl sites for hydroxylation is 1. The van der Waals surface area contributed by atoms with Gasteiger partial charge in [0.25, 0.3) is 0 Å². The number of benzene rings is 1. The number of hydrogen-bond donors (Lipinski definition) is 2. The summed E-state index contributed by atoms with van der Waals surface area (Å²) in [4.78, 5) is 9.07. The maximum atomic E-state index is 4.72. The van der Waals surface area contributed by atoms with Crippen LogP contribution >= 0.6 is 0 Å². The quantitative estimate of drug-likeness (QED) is 0.768. The second-order valence-corrected chi connectivity index (χ2v) is 6.49.